The average Bonchev–Trinajstić information content (AvgIpc) is 2.89. The lowest BCUT2D eigenvalue weighted by Gasteiger charge is -2.38. The highest BCUT2D eigenvalue weighted by molar-refractivity contribution is 5.73. The van der Waals surface area contributed by atoms with Gasteiger partial charge in [-0.3, -0.25) is 0 Å². The summed E-state index contributed by atoms with van der Waals surface area (Å²) in [6, 6.07) is 22.8. The predicted octanol–water partition coefficient (Wildman–Crippen LogP) is 3.32. The third-order valence-corrected chi connectivity index (χ3v) is 7.56. The Hall–Kier alpha value is -3.43. The van der Waals surface area contributed by atoms with E-state index in [9.17, 15) is 30.3 Å². The number of hydrogen-bond acceptors (Lipinski definition) is 7. The number of carboxylic acids is 1. The van der Waals surface area contributed by atoms with E-state index in [1.807, 2.05) is 24.3 Å². The van der Waals surface area contributed by atoms with Gasteiger partial charge < -0.3 is 35.0 Å². The van der Waals surface area contributed by atoms with E-state index < -0.39 is 36.7 Å². The van der Waals surface area contributed by atoms with Crippen LogP contribution < -0.4 is 4.74 Å². The Morgan fingerprint density at radius 3 is 1.50 bits per heavy atom. The van der Waals surface area contributed by atoms with Gasteiger partial charge in [0.15, 0.2) is 6.10 Å². The van der Waals surface area contributed by atoms with E-state index in [4.69, 9.17) is 9.47 Å². The number of rotatable bonds is 7. The minimum atomic E-state index is -1.77. The van der Waals surface area contributed by atoms with Crippen molar-refractivity contribution in [3.63, 3.8) is 0 Å². The zero-order chi connectivity index (χ0) is 27.8. The van der Waals surface area contributed by atoms with Crippen LogP contribution in [0.3, 0.4) is 0 Å². The van der Waals surface area contributed by atoms with Crippen LogP contribution in [0.15, 0.2) is 72.8 Å². The smallest absolute Gasteiger partial charge is 0.335 e. The van der Waals surface area contributed by atoms with Gasteiger partial charge in [0.1, 0.15) is 29.8 Å². The van der Waals surface area contributed by atoms with Crippen LogP contribution in [0.1, 0.15) is 49.9 Å². The average molecular weight is 523 g/mol. The van der Waals surface area contributed by atoms with E-state index in [0.717, 1.165) is 22.3 Å². The van der Waals surface area contributed by atoms with Crippen molar-refractivity contribution in [1.82, 2.24) is 0 Å². The Kier molecular flexibility index (Phi) is 7.54. The van der Waals surface area contributed by atoms with E-state index >= 15 is 0 Å². The molecule has 0 unspecified atom stereocenters. The number of aliphatic hydroxyl groups excluding tert-OH is 3. The van der Waals surface area contributed by atoms with E-state index in [1.54, 1.807) is 24.3 Å². The highest BCUT2D eigenvalue weighted by Gasteiger charge is 2.48. The molecule has 0 aliphatic carbocycles. The Bertz CT molecular complexity index is 1250. The molecule has 4 rings (SSSR count). The van der Waals surface area contributed by atoms with Crippen molar-refractivity contribution in [2.75, 3.05) is 0 Å². The van der Waals surface area contributed by atoms with Crippen LogP contribution in [0.2, 0.25) is 0 Å². The number of aromatic hydroxyl groups is 1. The number of carbonyl (C=O) groups is 1. The largest absolute Gasteiger partial charge is 0.508 e. The molecule has 8 heteroatoms. The maximum atomic E-state index is 11.3. The monoisotopic (exact) mass is 522 g/mol. The van der Waals surface area contributed by atoms with Gasteiger partial charge in [0.2, 0.25) is 6.29 Å². The van der Waals surface area contributed by atoms with Crippen LogP contribution >= 0.6 is 0 Å². The number of hydrogen-bond donors (Lipinski definition) is 5. The second-order valence-electron chi connectivity index (χ2n) is 10.8. The Labute approximate surface area is 221 Å². The van der Waals surface area contributed by atoms with Gasteiger partial charge in [-0.15, -0.1) is 0 Å². The SMILES string of the molecule is CC(C)(c1ccc(O)cc1)c1ccc(C(C)(C)c2ccc(O[C@@H]3O[C@H](C(=O)O)[C@@H](O)[C@H](O)[C@H]3O)cc2)cc1. The summed E-state index contributed by atoms with van der Waals surface area (Å²) >= 11 is 0. The number of carboxylic acid groups (broad SMARTS) is 1. The molecule has 1 fully saturated rings. The first-order valence-electron chi connectivity index (χ1n) is 12.4. The Balaban J connectivity index is 1.49. The summed E-state index contributed by atoms with van der Waals surface area (Å²) in [6.45, 7) is 8.49. The van der Waals surface area contributed by atoms with E-state index in [2.05, 4.69) is 52.0 Å². The summed E-state index contributed by atoms with van der Waals surface area (Å²) in [6.07, 6.45) is -8.31. The normalized spacial score (nSPS) is 24.1. The molecule has 38 heavy (non-hydrogen) atoms. The maximum Gasteiger partial charge on any atom is 0.335 e. The van der Waals surface area contributed by atoms with Crippen LogP contribution in [0.5, 0.6) is 11.5 Å². The summed E-state index contributed by atoms with van der Waals surface area (Å²) in [5.41, 5.74) is 3.74. The fourth-order valence-corrected chi connectivity index (χ4v) is 4.75. The molecule has 0 spiro atoms. The van der Waals surface area contributed by atoms with Crippen LogP contribution in [0.4, 0.5) is 0 Å². The standard InChI is InChI=1S/C30H34O8/c1-29(2,19-9-13-21(31)14-10-19)17-5-7-18(8-6-17)30(3,4)20-11-15-22(16-12-20)37-28-25(34)23(32)24(33)26(38-28)27(35)36/h5-16,23-26,28,31-34H,1-4H3,(H,35,36)/t23-,24-,25+,26-,28+/m0/s1. The van der Waals surface area contributed by atoms with Crippen molar-refractivity contribution in [2.45, 2.75) is 69.2 Å². The number of benzene rings is 3. The highest BCUT2D eigenvalue weighted by Crippen LogP contribution is 2.37. The van der Waals surface area contributed by atoms with Gasteiger partial charge in [0, 0.05) is 10.8 Å². The first kappa shape index (κ1) is 27.6. The molecule has 1 aliphatic heterocycles. The van der Waals surface area contributed by atoms with Crippen molar-refractivity contribution in [2.24, 2.45) is 0 Å². The van der Waals surface area contributed by atoms with Crippen LogP contribution in [-0.4, -0.2) is 62.2 Å². The lowest BCUT2D eigenvalue weighted by molar-refractivity contribution is -0.271. The summed E-state index contributed by atoms with van der Waals surface area (Å²) in [5, 5.41) is 48.9. The van der Waals surface area contributed by atoms with Gasteiger partial charge >= 0.3 is 5.97 Å². The van der Waals surface area contributed by atoms with Crippen molar-refractivity contribution in [3.05, 3.63) is 95.1 Å². The number of aliphatic hydroxyl groups is 3. The molecule has 3 aromatic rings. The van der Waals surface area contributed by atoms with Gasteiger partial charge in [0.25, 0.3) is 0 Å². The Morgan fingerprint density at radius 1 is 0.684 bits per heavy atom. The minimum absolute atomic E-state index is 0.237. The molecule has 5 N–H and O–H groups in total. The second kappa shape index (κ2) is 10.4. The fraction of sp³-hybridized carbons (Fsp3) is 0.367. The predicted molar refractivity (Wildman–Crippen MR) is 140 cm³/mol. The van der Waals surface area contributed by atoms with Crippen molar-refractivity contribution in [1.29, 1.82) is 0 Å². The highest BCUT2D eigenvalue weighted by atomic mass is 16.7. The molecule has 202 valence electrons. The third-order valence-electron chi connectivity index (χ3n) is 7.56. The first-order chi connectivity index (χ1) is 17.8. The Morgan fingerprint density at radius 2 is 1.08 bits per heavy atom. The molecule has 0 radical (unpaired) electrons. The summed E-state index contributed by atoms with van der Waals surface area (Å²) < 4.78 is 10.8. The molecular weight excluding hydrogens is 488 g/mol. The van der Waals surface area contributed by atoms with E-state index in [-0.39, 0.29) is 16.6 Å². The molecule has 1 aliphatic rings. The quantitative estimate of drug-likeness (QED) is 0.319. The molecule has 0 bridgehead atoms. The van der Waals surface area contributed by atoms with Crippen LogP contribution in [-0.2, 0) is 20.4 Å². The zero-order valence-electron chi connectivity index (χ0n) is 21.8. The van der Waals surface area contributed by atoms with E-state index in [0.29, 0.717) is 5.75 Å². The van der Waals surface area contributed by atoms with Gasteiger partial charge in [-0.25, -0.2) is 4.79 Å². The molecule has 5 atom stereocenters. The van der Waals surface area contributed by atoms with Gasteiger partial charge in [-0.1, -0.05) is 76.2 Å². The minimum Gasteiger partial charge on any atom is -0.508 e. The van der Waals surface area contributed by atoms with Crippen molar-refractivity contribution < 1.29 is 39.8 Å². The molecule has 1 saturated heterocycles. The maximum absolute atomic E-state index is 11.3. The fourth-order valence-electron chi connectivity index (χ4n) is 4.75. The molecule has 0 amide bonds. The molecule has 0 aromatic heterocycles. The van der Waals surface area contributed by atoms with Crippen LogP contribution in [0, 0.1) is 0 Å². The molecule has 3 aromatic carbocycles. The number of ether oxygens (including phenoxy) is 2. The first-order valence-corrected chi connectivity index (χ1v) is 12.4. The number of aliphatic carboxylic acids is 1. The molecular formula is C30H34O8. The van der Waals surface area contributed by atoms with Gasteiger partial charge in [-0.2, -0.15) is 0 Å². The summed E-state index contributed by atoms with van der Waals surface area (Å²) in [4.78, 5) is 11.3. The number of phenolic OH excluding ortho intramolecular Hbond substituents is 1. The topological polar surface area (TPSA) is 137 Å². The van der Waals surface area contributed by atoms with Gasteiger partial charge in [-0.05, 0) is 46.5 Å². The summed E-state index contributed by atoms with van der Waals surface area (Å²) in [7, 11) is 0. The number of phenols is 1. The van der Waals surface area contributed by atoms with Gasteiger partial charge in [0.05, 0.1) is 0 Å². The third kappa shape index (κ3) is 5.26. The second-order valence-corrected chi connectivity index (χ2v) is 10.8. The summed E-state index contributed by atoms with van der Waals surface area (Å²) in [5.74, 6) is -0.916. The molecule has 1 heterocycles. The lowest BCUT2D eigenvalue weighted by atomic mass is 9.74. The van der Waals surface area contributed by atoms with Crippen molar-refractivity contribution in [3.8, 4) is 11.5 Å². The van der Waals surface area contributed by atoms with Crippen molar-refractivity contribution >= 4 is 5.97 Å². The molecule has 8 nitrogen and oxygen atoms in total. The lowest BCUT2D eigenvalue weighted by Crippen LogP contribution is -2.61. The zero-order valence-corrected chi connectivity index (χ0v) is 21.8. The van der Waals surface area contributed by atoms with E-state index in [1.165, 1.54) is 0 Å². The van der Waals surface area contributed by atoms with Crippen LogP contribution in [0.25, 0.3) is 0 Å². The molecule has 0 saturated carbocycles.